The van der Waals surface area contributed by atoms with E-state index in [1.54, 1.807) is 28.4 Å². The molecule has 8 aromatic heterocycles. The average Bonchev–Trinajstić information content (AvgIpc) is 1.61. The number of benzene rings is 2. The third kappa shape index (κ3) is 17.6. The van der Waals surface area contributed by atoms with Crippen LogP contribution in [0.1, 0.15) is 266 Å². The zero-order valence-electron chi connectivity index (χ0n) is 69.9. The van der Waals surface area contributed by atoms with E-state index in [9.17, 15) is 25.5 Å². The SMILES string of the molecule is COc1ccc2c(c1)C(CC(O)C1CCCCC1)n1cncc1-2.COc1ccc2c(c1)C(CC(O)C1CCCCC1)n1cncc1-2.COc1ccc2c(n1)C(CC(O)C1CCC(C)(C)CC1)n1cncc1-2.COc1ccc2c(n1)C(CC(O)C1CCC(C)(C)CC1)n1cncc1-2.OC1CCC(CCC2c3ncccc3-c3cncn32)CC1. The number of rotatable bonds is 19. The Bertz CT molecular complexity index is 4690. The molecule has 9 atom stereocenters. The summed E-state index contributed by atoms with van der Waals surface area (Å²) >= 11 is 0. The molecule has 2 aromatic carbocycles. The van der Waals surface area contributed by atoms with Crippen LogP contribution in [0, 0.1) is 40.4 Å². The Morgan fingerprint density at radius 3 is 1.12 bits per heavy atom. The fourth-order valence-electron chi connectivity index (χ4n) is 21.2. The number of methoxy groups -OCH3 is 4. The number of aliphatic hydroxyl groups is 5. The van der Waals surface area contributed by atoms with E-state index in [0.29, 0.717) is 65.1 Å². The summed E-state index contributed by atoms with van der Waals surface area (Å²) in [5.74, 6) is 5.42. The largest absolute Gasteiger partial charge is 0.497 e. The first-order chi connectivity index (χ1) is 56.8. The van der Waals surface area contributed by atoms with Crippen LogP contribution in [0.3, 0.4) is 0 Å². The smallest absolute Gasteiger partial charge is 0.213 e. The van der Waals surface area contributed by atoms with Gasteiger partial charge in [0.2, 0.25) is 11.8 Å². The van der Waals surface area contributed by atoms with E-state index in [-0.39, 0.29) is 54.7 Å². The van der Waals surface area contributed by atoms with E-state index in [2.05, 4.69) is 121 Å². The van der Waals surface area contributed by atoms with Crippen LogP contribution >= 0.6 is 0 Å². The Labute approximate surface area is 690 Å². The van der Waals surface area contributed by atoms with Gasteiger partial charge in [0.25, 0.3) is 0 Å². The Hall–Kier alpha value is -9.06. The molecule has 5 aliphatic carbocycles. The molecule has 117 heavy (non-hydrogen) atoms. The van der Waals surface area contributed by atoms with Gasteiger partial charge in [-0.15, -0.1) is 0 Å². The molecule has 0 bridgehead atoms. The highest BCUT2D eigenvalue weighted by molar-refractivity contribution is 5.73. The van der Waals surface area contributed by atoms with Crippen molar-refractivity contribution in [3.63, 3.8) is 0 Å². The van der Waals surface area contributed by atoms with Gasteiger partial charge >= 0.3 is 0 Å². The maximum Gasteiger partial charge on any atom is 0.213 e. The number of fused-ring (bicyclic) bond motifs is 15. The fraction of sp³-hybridized carbons (Fsp3) is 0.558. The second-order valence-corrected chi connectivity index (χ2v) is 36.7. The summed E-state index contributed by atoms with van der Waals surface area (Å²) in [5, 5.41) is 53.0. The van der Waals surface area contributed by atoms with Gasteiger partial charge in [0.1, 0.15) is 11.5 Å². The van der Waals surface area contributed by atoms with Crippen LogP contribution in [0.2, 0.25) is 0 Å². The molecule has 622 valence electrons. The molecule has 20 rings (SSSR count). The molecule has 5 aliphatic heterocycles. The molecule has 13 heterocycles. The highest BCUT2D eigenvalue weighted by Gasteiger charge is 2.41. The zero-order chi connectivity index (χ0) is 81.1. The summed E-state index contributed by atoms with van der Waals surface area (Å²) < 4.78 is 32.4. The minimum absolute atomic E-state index is 0.0348. The number of nitrogens with zero attached hydrogens (tertiary/aromatic N) is 13. The van der Waals surface area contributed by atoms with Gasteiger partial charge in [-0.1, -0.05) is 66.2 Å². The summed E-state index contributed by atoms with van der Waals surface area (Å²) in [6.45, 7) is 9.32. The summed E-state index contributed by atoms with van der Waals surface area (Å²) in [6, 6.07) is 25.2. The zero-order valence-corrected chi connectivity index (χ0v) is 69.9. The lowest BCUT2D eigenvalue weighted by Gasteiger charge is -2.37. The lowest BCUT2D eigenvalue weighted by molar-refractivity contribution is 0.0444. The molecule has 0 saturated heterocycles. The van der Waals surface area contributed by atoms with Gasteiger partial charge in [-0.05, 0) is 241 Å². The van der Waals surface area contributed by atoms with Gasteiger partial charge in [0, 0.05) is 59.0 Å². The standard InChI is InChI=1S/2C20H27N3O2.2C19H24N2O2.C17H21N3O/c2*1-20(2)8-6-13(7-9-20)17(24)10-15-19-14(4-5-18(22-19)25-3)16-11-21-12-23(15)16;2*1-23-14-7-8-15-16(9-14)17(21-12-20-11-18(15)21)10-19(22)13-5-3-2-4-6-13;21-13-6-3-12(4-7-13)5-8-15-17-14(2-1-9-19-17)16-10-18-11-20(15)16/h2*4-5,11-13,15,17,24H,6-10H2,1-3H3;2*7-9,11-13,17,19,22H,2-6,10H2,1H3;1-2,9-13,15,21H,3-8H2. The molecule has 5 saturated carbocycles. The van der Waals surface area contributed by atoms with E-state index in [0.717, 1.165) is 146 Å². The Balaban J connectivity index is 0.000000110. The van der Waals surface area contributed by atoms with Crippen molar-refractivity contribution < 1.29 is 44.5 Å². The first-order valence-corrected chi connectivity index (χ1v) is 43.8. The number of ether oxygens (including phenoxy) is 4. The lowest BCUT2D eigenvalue weighted by Crippen LogP contribution is -2.30. The molecular weight excluding hydrogens is 1470 g/mol. The summed E-state index contributed by atoms with van der Waals surface area (Å²) in [5.41, 5.74) is 18.0. The molecule has 22 heteroatoms. The van der Waals surface area contributed by atoms with Crippen LogP contribution in [0.5, 0.6) is 23.3 Å². The third-order valence-electron chi connectivity index (χ3n) is 28.4. The molecule has 5 fully saturated rings. The average molecular weight is 1590 g/mol. The quantitative estimate of drug-likeness (QED) is 0.0504. The van der Waals surface area contributed by atoms with Crippen molar-refractivity contribution in [3.05, 3.63) is 170 Å². The molecule has 22 nitrogen and oxygen atoms in total. The van der Waals surface area contributed by atoms with E-state index in [1.165, 1.54) is 123 Å². The number of aromatic nitrogens is 13. The highest BCUT2D eigenvalue weighted by atomic mass is 16.5. The Kier molecular flexibility index (Phi) is 25.0. The highest BCUT2D eigenvalue weighted by Crippen LogP contribution is 2.51. The number of pyridine rings is 3. The minimum atomic E-state index is -0.310. The first-order valence-electron chi connectivity index (χ1n) is 43.8. The van der Waals surface area contributed by atoms with E-state index in [1.807, 2.05) is 111 Å². The third-order valence-corrected chi connectivity index (χ3v) is 28.4. The van der Waals surface area contributed by atoms with Crippen molar-refractivity contribution in [3.8, 4) is 79.5 Å². The molecule has 5 N–H and O–H groups in total. The normalized spacial score (nSPS) is 23.3. The topological polar surface area (TPSA) is 266 Å². The summed E-state index contributed by atoms with van der Waals surface area (Å²) in [6.07, 6.45) is 50.7. The van der Waals surface area contributed by atoms with Crippen LogP contribution in [-0.2, 0) is 0 Å². The van der Waals surface area contributed by atoms with Crippen molar-refractivity contribution in [2.75, 3.05) is 28.4 Å². The van der Waals surface area contributed by atoms with Crippen LogP contribution < -0.4 is 18.9 Å². The maximum atomic E-state index is 10.9. The monoisotopic (exact) mass is 1590 g/mol. The molecule has 0 amide bonds. The second-order valence-electron chi connectivity index (χ2n) is 36.7. The predicted octanol–water partition coefficient (Wildman–Crippen LogP) is 18.4. The Morgan fingerprint density at radius 2 is 0.726 bits per heavy atom. The van der Waals surface area contributed by atoms with Gasteiger partial charge in [-0.2, -0.15) is 0 Å². The van der Waals surface area contributed by atoms with E-state index >= 15 is 0 Å². The molecule has 10 aliphatic rings. The molecule has 0 radical (unpaired) electrons. The maximum absolute atomic E-state index is 10.9. The number of hydrogen-bond donors (Lipinski definition) is 5. The van der Waals surface area contributed by atoms with Crippen molar-refractivity contribution >= 4 is 0 Å². The number of aliphatic hydroxyl groups excluding tert-OH is 5. The summed E-state index contributed by atoms with van der Waals surface area (Å²) in [4.78, 5) is 35.5. The van der Waals surface area contributed by atoms with E-state index in [4.69, 9.17) is 18.9 Å². The van der Waals surface area contributed by atoms with Crippen molar-refractivity contribution in [2.45, 2.75) is 268 Å². The predicted molar refractivity (Wildman–Crippen MR) is 453 cm³/mol. The molecule has 9 unspecified atom stereocenters. The van der Waals surface area contributed by atoms with E-state index < -0.39 is 0 Å². The van der Waals surface area contributed by atoms with Gasteiger partial charge in [-0.3, -0.25) is 4.98 Å². The van der Waals surface area contributed by atoms with Gasteiger partial charge in [0.15, 0.2) is 0 Å². The number of imidazole rings is 5. The Morgan fingerprint density at radius 1 is 0.376 bits per heavy atom. The fourth-order valence-corrected chi connectivity index (χ4v) is 21.2. The van der Waals surface area contributed by atoms with Crippen molar-refractivity contribution in [1.82, 2.24) is 62.7 Å². The second kappa shape index (κ2) is 35.9. The van der Waals surface area contributed by atoms with Gasteiger partial charge < -0.3 is 67.3 Å². The van der Waals surface area contributed by atoms with Crippen LogP contribution in [-0.4, -0.2) is 147 Å². The van der Waals surface area contributed by atoms with Crippen LogP contribution in [0.4, 0.5) is 0 Å². The minimum Gasteiger partial charge on any atom is -0.497 e. The lowest BCUT2D eigenvalue weighted by atomic mass is 9.71. The summed E-state index contributed by atoms with van der Waals surface area (Å²) in [7, 11) is 6.67. The van der Waals surface area contributed by atoms with Crippen molar-refractivity contribution in [1.29, 1.82) is 0 Å². The number of hydrogen-bond acceptors (Lipinski definition) is 17. The molecular formula is C95H123N13O9. The molecule has 10 aromatic rings. The van der Waals surface area contributed by atoms with Crippen LogP contribution in [0.15, 0.2) is 142 Å². The van der Waals surface area contributed by atoms with Crippen LogP contribution in [0.25, 0.3) is 56.3 Å². The first kappa shape index (κ1) is 81.7. The van der Waals surface area contributed by atoms with Crippen molar-refractivity contribution in [2.24, 2.45) is 40.4 Å². The van der Waals surface area contributed by atoms with Gasteiger partial charge in [-0.25, -0.2) is 34.9 Å². The molecule has 0 spiro atoms. The van der Waals surface area contributed by atoms with Gasteiger partial charge in [0.05, 0.1) is 197 Å².